The lowest BCUT2D eigenvalue weighted by Crippen LogP contribution is -2.40. The molecule has 0 spiro atoms. The van der Waals surface area contributed by atoms with Gasteiger partial charge in [0.05, 0.1) is 11.3 Å². The number of hydrogen-bond acceptors (Lipinski definition) is 4. The van der Waals surface area contributed by atoms with Crippen LogP contribution in [0, 0.1) is 11.8 Å². The van der Waals surface area contributed by atoms with Gasteiger partial charge in [0, 0.05) is 31.0 Å². The second kappa shape index (κ2) is 11.2. The van der Waals surface area contributed by atoms with Gasteiger partial charge in [0.2, 0.25) is 15.9 Å². The Morgan fingerprint density at radius 2 is 1.67 bits per heavy atom. The molecule has 7 nitrogen and oxygen atoms in total. The second-order valence-corrected chi connectivity index (χ2v) is 10.4. The Kier molecular flexibility index (Phi) is 8.41. The van der Waals surface area contributed by atoms with Gasteiger partial charge in [-0.25, -0.2) is 8.42 Å². The summed E-state index contributed by atoms with van der Waals surface area (Å²) >= 11 is 0. The van der Waals surface area contributed by atoms with Gasteiger partial charge in [0.1, 0.15) is 0 Å². The first-order chi connectivity index (χ1) is 15.8. The summed E-state index contributed by atoms with van der Waals surface area (Å²) in [6, 6.07) is 16.2. The molecule has 0 aromatic heterocycles. The minimum absolute atomic E-state index is 0.198. The summed E-state index contributed by atoms with van der Waals surface area (Å²) in [6.45, 7) is 5.12. The third-order valence-corrected chi connectivity index (χ3v) is 7.08. The van der Waals surface area contributed by atoms with Crippen LogP contribution in [0.15, 0.2) is 60.0 Å². The van der Waals surface area contributed by atoms with Gasteiger partial charge in [0.25, 0.3) is 5.91 Å². The zero-order valence-corrected chi connectivity index (χ0v) is 19.8. The monoisotopic (exact) mass is 469 g/mol. The van der Waals surface area contributed by atoms with Crippen molar-refractivity contribution in [1.29, 1.82) is 0 Å². The fourth-order valence-electron chi connectivity index (χ4n) is 3.60. The molecule has 1 saturated heterocycles. The number of benzene rings is 2. The van der Waals surface area contributed by atoms with Crippen LogP contribution >= 0.6 is 0 Å². The summed E-state index contributed by atoms with van der Waals surface area (Å²) < 4.78 is 26.7. The summed E-state index contributed by atoms with van der Waals surface area (Å²) in [7, 11) is -3.55. The van der Waals surface area contributed by atoms with Crippen LogP contribution in [-0.2, 0) is 14.8 Å². The zero-order valence-electron chi connectivity index (χ0n) is 19.0. The van der Waals surface area contributed by atoms with Crippen LogP contribution in [0.2, 0.25) is 0 Å². The van der Waals surface area contributed by atoms with E-state index in [1.54, 1.807) is 30.3 Å². The Hall–Kier alpha value is -2.97. The van der Waals surface area contributed by atoms with Crippen molar-refractivity contribution in [2.75, 3.05) is 25.0 Å². The molecule has 2 aromatic carbocycles. The summed E-state index contributed by atoms with van der Waals surface area (Å²) in [5.74, 6) is -0.428. The van der Waals surface area contributed by atoms with E-state index in [2.05, 4.69) is 10.6 Å². The highest BCUT2D eigenvalue weighted by Gasteiger charge is 2.30. The van der Waals surface area contributed by atoms with Crippen molar-refractivity contribution in [1.82, 2.24) is 9.62 Å². The number of rotatable bonds is 8. The first-order valence-corrected chi connectivity index (χ1v) is 12.7. The molecule has 0 unspecified atom stereocenters. The number of para-hydroxylation sites is 1. The zero-order chi connectivity index (χ0) is 23.8. The number of nitrogens with one attached hydrogen (secondary N) is 2. The van der Waals surface area contributed by atoms with E-state index < -0.39 is 10.0 Å². The van der Waals surface area contributed by atoms with Gasteiger partial charge in [-0.05, 0) is 42.5 Å². The van der Waals surface area contributed by atoms with E-state index in [4.69, 9.17) is 0 Å². The molecule has 0 bridgehead atoms. The molecule has 0 saturated carbocycles. The quantitative estimate of drug-likeness (QED) is 0.616. The van der Waals surface area contributed by atoms with Crippen LogP contribution in [0.1, 0.15) is 42.6 Å². The fourth-order valence-corrected chi connectivity index (χ4v) is 4.83. The summed E-state index contributed by atoms with van der Waals surface area (Å²) in [5.41, 5.74) is 1.69. The number of anilines is 1. The van der Waals surface area contributed by atoms with Crippen molar-refractivity contribution in [3.63, 3.8) is 0 Å². The minimum atomic E-state index is -3.55. The lowest BCUT2D eigenvalue weighted by Gasteiger charge is -2.29. The second-order valence-electron chi connectivity index (χ2n) is 8.57. The lowest BCUT2D eigenvalue weighted by atomic mass is 9.97. The van der Waals surface area contributed by atoms with Crippen LogP contribution in [0.4, 0.5) is 5.69 Å². The maximum Gasteiger partial charge on any atom is 0.253 e. The Labute approximate surface area is 195 Å². The SMILES string of the molecule is CC(C)CNC(=O)c1ccccc1NC(=O)C1CCN(S(=O)(=O)/C=C/c2ccccc2)CC1. The number of carbonyl (C=O) groups excluding carboxylic acids is 2. The number of amides is 2. The van der Waals surface area contributed by atoms with Crippen LogP contribution in [-0.4, -0.2) is 44.2 Å². The van der Waals surface area contributed by atoms with Crippen molar-refractivity contribution < 1.29 is 18.0 Å². The van der Waals surface area contributed by atoms with Gasteiger partial charge in [-0.15, -0.1) is 0 Å². The molecular weight excluding hydrogens is 438 g/mol. The highest BCUT2D eigenvalue weighted by Crippen LogP contribution is 2.23. The Morgan fingerprint density at radius 1 is 1.03 bits per heavy atom. The minimum Gasteiger partial charge on any atom is -0.352 e. The van der Waals surface area contributed by atoms with E-state index in [9.17, 15) is 18.0 Å². The van der Waals surface area contributed by atoms with Gasteiger partial charge in [0.15, 0.2) is 0 Å². The molecule has 3 rings (SSSR count). The molecular formula is C25H31N3O4S. The molecule has 2 N–H and O–H groups in total. The molecule has 1 aliphatic heterocycles. The average molecular weight is 470 g/mol. The highest BCUT2D eigenvalue weighted by molar-refractivity contribution is 7.92. The standard InChI is InChI=1S/C25H31N3O4S/c1-19(2)18-26-25(30)22-10-6-7-11-23(22)27-24(29)21-12-15-28(16-13-21)33(31,32)17-14-20-8-4-3-5-9-20/h3-11,14,17,19,21H,12-13,15-16,18H2,1-2H3,(H,26,30)(H,27,29)/b17-14+. The number of sulfonamides is 1. The Bertz CT molecular complexity index is 1090. The number of piperidine rings is 1. The maximum absolute atomic E-state index is 12.9. The van der Waals surface area contributed by atoms with Crippen molar-refractivity contribution in [2.24, 2.45) is 11.8 Å². The third-order valence-electron chi connectivity index (χ3n) is 5.52. The normalized spacial score (nSPS) is 15.6. The van der Waals surface area contributed by atoms with Gasteiger partial charge in [-0.3, -0.25) is 9.59 Å². The molecule has 0 atom stereocenters. The topological polar surface area (TPSA) is 95.6 Å². The van der Waals surface area contributed by atoms with E-state index in [1.165, 1.54) is 9.71 Å². The first kappa shape index (κ1) is 24.7. The molecule has 1 fully saturated rings. The molecule has 2 amide bonds. The fraction of sp³-hybridized carbons (Fsp3) is 0.360. The average Bonchev–Trinajstić information content (AvgIpc) is 2.82. The molecule has 1 aliphatic rings. The smallest absolute Gasteiger partial charge is 0.253 e. The molecule has 0 aliphatic carbocycles. The maximum atomic E-state index is 12.9. The van der Waals surface area contributed by atoms with Crippen LogP contribution in [0.3, 0.4) is 0 Å². The number of carbonyl (C=O) groups is 2. The Balaban J connectivity index is 1.58. The van der Waals surface area contributed by atoms with Crippen molar-refractivity contribution in [2.45, 2.75) is 26.7 Å². The molecule has 33 heavy (non-hydrogen) atoms. The molecule has 0 radical (unpaired) electrons. The van der Waals surface area contributed by atoms with Crippen LogP contribution < -0.4 is 10.6 Å². The molecule has 2 aromatic rings. The van der Waals surface area contributed by atoms with E-state index in [1.807, 2.05) is 44.2 Å². The highest BCUT2D eigenvalue weighted by atomic mass is 32.2. The van der Waals surface area contributed by atoms with Gasteiger partial charge < -0.3 is 10.6 Å². The van der Waals surface area contributed by atoms with Gasteiger partial charge in [-0.2, -0.15) is 4.31 Å². The molecule has 1 heterocycles. The van der Waals surface area contributed by atoms with Crippen LogP contribution in [0.5, 0.6) is 0 Å². The van der Waals surface area contributed by atoms with E-state index in [-0.39, 0.29) is 30.8 Å². The van der Waals surface area contributed by atoms with E-state index >= 15 is 0 Å². The number of nitrogens with zero attached hydrogens (tertiary/aromatic N) is 1. The molecule has 176 valence electrons. The lowest BCUT2D eigenvalue weighted by molar-refractivity contribution is -0.120. The summed E-state index contributed by atoms with van der Waals surface area (Å²) in [6.07, 6.45) is 2.42. The third kappa shape index (κ3) is 7.00. The van der Waals surface area contributed by atoms with E-state index in [0.717, 1.165) is 5.56 Å². The van der Waals surface area contributed by atoms with Crippen molar-refractivity contribution >= 4 is 33.6 Å². The van der Waals surface area contributed by atoms with Gasteiger partial charge >= 0.3 is 0 Å². The summed E-state index contributed by atoms with van der Waals surface area (Å²) in [4.78, 5) is 25.4. The predicted octanol–water partition coefficient (Wildman–Crippen LogP) is 3.72. The molecule has 8 heteroatoms. The van der Waals surface area contributed by atoms with Gasteiger partial charge in [-0.1, -0.05) is 56.3 Å². The largest absolute Gasteiger partial charge is 0.352 e. The summed E-state index contributed by atoms with van der Waals surface area (Å²) in [5, 5.41) is 6.95. The van der Waals surface area contributed by atoms with Crippen LogP contribution in [0.25, 0.3) is 6.08 Å². The Morgan fingerprint density at radius 3 is 2.33 bits per heavy atom. The number of hydrogen-bond donors (Lipinski definition) is 2. The van der Waals surface area contributed by atoms with E-state index in [0.29, 0.717) is 36.6 Å². The van der Waals surface area contributed by atoms with Crippen molar-refractivity contribution in [3.05, 3.63) is 71.1 Å². The first-order valence-electron chi connectivity index (χ1n) is 11.2. The van der Waals surface area contributed by atoms with Crippen molar-refractivity contribution in [3.8, 4) is 0 Å². The predicted molar refractivity (Wildman–Crippen MR) is 131 cm³/mol.